The molecule has 0 bridgehead atoms. The first-order chi connectivity index (χ1) is 34.5. The second-order valence-corrected chi connectivity index (χ2v) is 20.4. The van der Waals surface area contributed by atoms with Gasteiger partial charge in [0.05, 0.1) is 0 Å². The first-order valence-electron chi connectivity index (χ1n) is 24.2. The Balaban J connectivity index is 0.00000560. The Bertz CT molecular complexity index is 3850. The van der Waals surface area contributed by atoms with Gasteiger partial charge in [-0.05, 0) is 112 Å². The van der Waals surface area contributed by atoms with Gasteiger partial charge in [-0.2, -0.15) is 6.07 Å². The van der Waals surface area contributed by atoms with Crippen molar-refractivity contribution in [1.29, 1.82) is 0 Å². The molecule has 0 saturated carbocycles. The van der Waals surface area contributed by atoms with Crippen LogP contribution in [0.15, 0.2) is 164 Å². The second kappa shape index (κ2) is 18.8. The number of benzene rings is 8. The molecular weight excluding hydrogens is 1090 g/mol. The molecule has 12 rings (SSSR count). The number of fused-ring (bicyclic) bond motifs is 7. The largest absolute Gasteiger partial charge is 0.509 e. The van der Waals surface area contributed by atoms with E-state index in [9.17, 15) is 4.39 Å². The zero-order valence-corrected chi connectivity index (χ0v) is 43.7. The Morgan fingerprint density at radius 2 is 1.32 bits per heavy atom. The fraction of sp³-hybridized carbons (Fsp3) is 0.143. The molecule has 0 fully saturated rings. The van der Waals surface area contributed by atoms with E-state index < -0.39 is 11.6 Å². The fourth-order valence-corrected chi connectivity index (χ4v) is 11.5. The van der Waals surface area contributed by atoms with Gasteiger partial charge < -0.3 is 19.1 Å². The van der Waals surface area contributed by atoms with Crippen LogP contribution in [0.5, 0.6) is 11.5 Å². The maximum absolute atomic E-state index is 15.5. The molecule has 9 heteroatoms. The maximum atomic E-state index is 15.5. The van der Waals surface area contributed by atoms with Gasteiger partial charge in [-0.1, -0.05) is 114 Å². The van der Waals surface area contributed by atoms with Crippen molar-refractivity contribution in [2.45, 2.75) is 59.3 Å². The summed E-state index contributed by atoms with van der Waals surface area (Å²) in [6.45, 7) is 15.3. The van der Waals surface area contributed by atoms with Crippen LogP contribution in [-0.2, 0) is 21.1 Å². The molecule has 0 aliphatic carbocycles. The fourth-order valence-electron chi connectivity index (χ4n) is 10.2. The third kappa shape index (κ3) is 8.15. The summed E-state index contributed by atoms with van der Waals surface area (Å²) in [6.07, 6.45) is 1.81. The van der Waals surface area contributed by atoms with Crippen LogP contribution in [-0.4, -0.2) is 9.55 Å². The summed E-state index contributed by atoms with van der Waals surface area (Å²) in [6, 6.07) is 59.9. The summed E-state index contributed by atoms with van der Waals surface area (Å²) in [5.74, 6) is 1.10. The number of thiophene rings is 1. The van der Waals surface area contributed by atoms with E-state index in [4.69, 9.17) is 9.72 Å². The van der Waals surface area contributed by atoms with E-state index in [0.29, 0.717) is 17.1 Å². The average molecular weight is 1140 g/mol. The number of ether oxygens (including phenoxy) is 1. The van der Waals surface area contributed by atoms with Crippen LogP contribution in [0.1, 0.15) is 76.0 Å². The van der Waals surface area contributed by atoms with Crippen LogP contribution in [0, 0.1) is 30.4 Å². The Morgan fingerprint density at radius 3 is 2.07 bits per heavy atom. The summed E-state index contributed by atoms with van der Waals surface area (Å²) in [5.41, 5.74) is 12.2. The number of hydrogen-bond acceptors (Lipinski definition) is 5. The van der Waals surface area contributed by atoms with Crippen molar-refractivity contribution in [3.63, 3.8) is 0 Å². The number of para-hydroxylation sites is 1. The van der Waals surface area contributed by atoms with E-state index in [1.807, 2.05) is 36.5 Å². The van der Waals surface area contributed by atoms with Gasteiger partial charge in [0, 0.05) is 93.1 Å². The van der Waals surface area contributed by atoms with Gasteiger partial charge in [0.1, 0.15) is 17.5 Å². The molecule has 72 heavy (non-hydrogen) atoms. The zero-order valence-electron chi connectivity index (χ0n) is 40.6. The van der Waals surface area contributed by atoms with Crippen molar-refractivity contribution in [3.05, 3.63) is 211 Å². The van der Waals surface area contributed by atoms with E-state index in [1.54, 1.807) is 17.4 Å². The van der Waals surface area contributed by atoms with E-state index in [2.05, 4.69) is 184 Å². The molecule has 0 N–H and O–H groups in total. The van der Waals surface area contributed by atoms with Crippen molar-refractivity contribution in [2.24, 2.45) is 0 Å². The molecule has 1 aliphatic heterocycles. The van der Waals surface area contributed by atoms with E-state index in [-0.39, 0.29) is 38.8 Å². The molecule has 0 amide bonds. The number of pyridine rings is 1. The van der Waals surface area contributed by atoms with Gasteiger partial charge in [0.2, 0.25) is 0 Å². The molecule has 4 heterocycles. The van der Waals surface area contributed by atoms with E-state index in [1.165, 1.54) is 31.8 Å². The van der Waals surface area contributed by atoms with Crippen LogP contribution in [0.4, 0.5) is 31.5 Å². The minimum Gasteiger partial charge on any atom is -0.509 e. The third-order valence-electron chi connectivity index (χ3n) is 13.8. The van der Waals surface area contributed by atoms with Crippen LogP contribution in [0.2, 0.25) is 0 Å². The van der Waals surface area contributed by atoms with E-state index in [0.717, 1.165) is 84.3 Å². The molecule has 360 valence electrons. The Morgan fingerprint density at radius 1 is 0.583 bits per heavy atom. The zero-order chi connectivity index (χ0) is 48.7. The molecule has 0 atom stereocenters. The summed E-state index contributed by atoms with van der Waals surface area (Å²) >= 11 is 1.80. The number of rotatable bonds is 10. The predicted molar refractivity (Wildman–Crippen MR) is 290 cm³/mol. The summed E-state index contributed by atoms with van der Waals surface area (Å²) in [4.78, 5) is 9.27. The molecule has 5 nitrogen and oxygen atoms in total. The SMILES string of the molecule is CC(C)c1ccc2c(c1)N(c1c(C(C)C)cc(-c3ccc(F)cc3F)cc1C(C)C)[CH-]N2c1[c-]c(Oc2[c-]c3c(cc2)c2ccccc2n3-c2ccccn2)cc(-c2cccc3c2sc2ccccc23)c1.[Pt]. The van der Waals surface area contributed by atoms with Gasteiger partial charge in [-0.25, -0.2) is 13.8 Å². The van der Waals surface area contributed by atoms with Crippen molar-refractivity contribution in [1.82, 2.24) is 9.55 Å². The monoisotopic (exact) mass is 1140 g/mol. The molecule has 1 aliphatic rings. The molecule has 0 saturated heterocycles. The molecule has 0 radical (unpaired) electrons. The van der Waals surface area contributed by atoms with Crippen molar-refractivity contribution in [2.75, 3.05) is 9.80 Å². The third-order valence-corrected chi connectivity index (χ3v) is 15.0. The molecule has 0 unspecified atom stereocenters. The Kier molecular flexibility index (Phi) is 12.3. The standard InChI is InChI=1S/C63H49F2N4OS.Pt/c1-37(2)40-21-26-57-59(32-40)68(62-53(38(3)4)30-42(31-54(62)39(5)6)47-24-22-43(64)33-55(47)65)36-67(57)44-28-41(48-16-13-17-52-51-15-8-10-19-60(51)71-63(48)52)29-46(34-44)70-45-23-25-50-49-14-7-9-18-56(49)69(58(50)35-45)61-20-11-12-27-66-61;/h7-33,36-39H,1-6H3;/q-3;. The number of halogens is 2. The van der Waals surface area contributed by atoms with Crippen LogP contribution >= 0.6 is 11.3 Å². The van der Waals surface area contributed by atoms with Gasteiger partial charge in [0.15, 0.2) is 0 Å². The van der Waals surface area contributed by atoms with Crippen molar-refractivity contribution in [3.8, 4) is 39.6 Å². The second-order valence-electron chi connectivity index (χ2n) is 19.3. The van der Waals surface area contributed by atoms with Crippen LogP contribution < -0.4 is 14.5 Å². The summed E-state index contributed by atoms with van der Waals surface area (Å²) in [5, 5.41) is 4.59. The van der Waals surface area contributed by atoms with Gasteiger partial charge in [-0.15, -0.1) is 65.0 Å². The number of nitrogens with zero attached hydrogens (tertiary/aromatic N) is 4. The summed E-state index contributed by atoms with van der Waals surface area (Å²) in [7, 11) is 0. The minimum absolute atomic E-state index is 0. The molecule has 11 aromatic rings. The van der Waals surface area contributed by atoms with E-state index >= 15 is 4.39 Å². The smallest absolute Gasteiger partial charge is 0.135 e. The number of anilines is 4. The first kappa shape index (κ1) is 47.2. The Hall–Kier alpha value is -7.12. The molecule has 0 spiro atoms. The minimum atomic E-state index is -0.598. The quantitative estimate of drug-likeness (QED) is 0.128. The first-order valence-corrected chi connectivity index (χ1v) is 25.0. The van der Waals surface area contributed by atoms with Crippen LogP contribution in [0.3, 0.4) is 0 Å². The van der Waals surface area contributed by atoms with Crippen molar-refractivity contribution < 1.29 is 34.6 Å². The molecular formula is C63H49F2N4OPtS-3. The average Bonchev–Trinajstić information content (AvgIpc) is 4.05. The normalized spacial score (nSPS) is 12.6. The maximum Gasteiger partial charge on any atom is 0.135 e. The number of hydrogen-bond donors (Lipinski definition) is 0. The van der Waals surface area contributed by atoms with Gasteiger partial charge >= 0.3 is 0 Å². The van der Waals surface area contributed by atoms with Gasteiger partial charge in [0.25, 0.3) is 0 Å². The molecule has 3 aromatic heterocycles. The van der Waals surface area contributed by atoms with Crippen LogP contribution in [0.25, 0.3) is 70.0 Å². The number of aromatic nitrogens is 2. The Labute approximate surface area is 437 Å². The van der Waals surface area contributed by atoms with Crippen molar-refractivity contribution >= 4 is 76.1 Å². The van der Waals surface area contributed by atoms with Gasteiger partial charge in [-0.3, -0.25) is 0 Å². The topological polar surface area (TPSA) is 33.5 Å². The molecule has 8 aromatic carbocycles. The summed E-state index contributed by atoms with van der Waals surface area (Å²) < 4.78 is 41.3. The predicted octanol–water partition coefficient (Wildman–Crippen LogP) is 18.3.